The first kappa shape index (κ1) is 21.5. The van der Waals surface area contributed by atoms with Crippen LogP contribution in [0.25, 0.3) is 0 Å². The molecule has 0 bridgehead atoms. The van der Waals surface area contributed by atoms with Crippen LogP contribution in [0.3, 0.4) is 0 Å². The molecule has 0 unspecified atom stereocenters. The zero-order valence-corrected chi connectivity index (χ0v) is 17.9. The van der Waals surface area contributed by atoms with Crippen LogP contribution in [0.5, 0.6) is 0 Å². The molecule has 0 radical (unpaired) electrons. The third-order valence-corrected chi connectivity index (χ3v) is 5.95. The molecule has 8 heteroatoms. The first-order chi connectivity index (χ1) is 12.5. The number of nitrogens with one attached hydrogen (secondary N) is 1. The highest BCUT2D eigenvalue weighted by atomic mass is 35.5. The number of carbonyl (C=O) groups is 1. The maximum Gasteiger partial charge on any atom is 0.244 e. The molecule has 0 saturated carbocycles. The second-order valence-corrected chi connectivity index (χ2v) is 9.17. The lowest BCUT2D eigenvalue weighted by Crippen LogP contribution is -2.48. The van der Waals surface area contributed by atoms with E-state index in [9.17, 15) is 13.2 Å². The van der Waals surface area contributed by atoms with Crippen molar-refractivity contribution in [2.45, 2.75) is 32.9 Å². The standard InChI is InChI=1S/C19H22Cl2N2O3S/c1-12-5-7-15(8-6-12)13(2)22-19(24)14(3)23(27(4,25)26)18-11-16(20)9-10-17(18)21/h5-11,13-14H,1-4H3,(H,22,24)/t13-,14+/m0/s1. The minimum Gasteiger partial charge on any atom is -0.348 e. The molecule has 0 aromatic heterocycles. The molecule has 27 heavy (non-hydrogen) atoms. The number of hydrogen-bond acceptors (Lipinski definition) is 3. The van der Waals surface area contributed by atoms with E-state index < -0.39 is 22.0 Å². The number of aryl methyl sites for hydroxylation is 1. The van der Waals surface area contributed by atoms with Gasteiger partial charge in [0.25, 0.3) is 0 Å². The van der Waals surface area contributed by atoms with Crippen molar-refractivity contribution < 1.29 is 13.2 Å². The predicted octanol–water partition coefficient (Wildman–Crippen LogP) is 4.33. The Bertz CT molecular complexity index is 930. The van der Waals surface area contributed by atoms with Gasteiger partial charge >= 0.3 is 0 Å². The van der Waals surface area contributed by atoms with Crippen molar-refractivity contribution in [1.82, 2.24) is 5.32 Å². The number of rotatable bonds is 6. The summed E-state index contributed by atoms with van der Waals surface area (Å²) in [6.07, 6.45) is 1.03. The summed E-state index contributed by atoms with van der Waals surface area (Å²) in [7, 11) is -3.78. The van der Waals surface area contributed by atoms with E-state index in [-0.39, 0.29) is 16.8 Å². The summed E-state index contributed by atoms with van der Waals surface area (Å²) in [5.74, 6) is -0.440. The van der Waals surface area contributed by atoms with Gasteiger partial charge in [0.1, 0.15) is 6.04 Å². The van der Waals surface area contributed by atoms with E-state index in [0.29, 0.717) is 5.02 Å². The molecule has 0 fully saturated rings. The fourth-order valence-corrected chi connectivity index (χ4v) is 4.31. The van der Waals surface area contributed by atoms with Crippen LogP contribution in [0, 0.1) is 6.92 Å². The van der Waals surface area contributed by atoms with E-state index in [2.05, 4.69) is 5.32 Å². The Kier molecular flexibility index (Phi) is 6.78. The van der Waals surface area contributed by atoms with E-state index in [4.69, 9.17) is 23.2 Å². The largest absolute Gasteiger partial charge is 0.348 e. The van der Waals surface area contributed by atoms with Crippen molar-refractivity contribution in [2.24, 2.45) is 0 Å². The Hall–Kier alpha value is -1.76. The molecule has 0 saturated heterocycles. The summed E-state index contributed by atoms with van der Waals surface area (Å²) in [5, 5.41) is 3.36. The Labute approximate surface area is 170 Å². The number of halogens is 2. The second-order valence-electron chi connectivity index (χ2n) is 6.47. The Balaban J connectivity index is 2.30. The zero-order chi connectivity index (χ0) is 20.4. The number of nitrogens with zero attached hydrogens (tertiary/aromatic N) is 1. The topological polar surface area (TPSA) is 66.5 Å². The molecule has 146 valence electrons. The normalized spacial score (nSPS) is 13.7. The highest BCUT2D eigenvalue weighted by Gasteiger charge is 2.31. The van der Waals surface area contributed by atoms with Crippen LogP contribution in [-0.4, -0.2) is 26.6 Å². The van der Waals surface area contributed by atoms with E-state index >= 15 is 0 Å². The van der Waals surface area contributed by atoms with Crippen LogP contribution in [0.4, 0.5) is 5.69 Å². The smallest absolute Gasteiger partial charge is 0.244 e. The monoisotopic (exact) mass is 428 g/mol. The number of carbonyl (C=O) groups excluding carboxylic acids is 1. The average molecular weight is 429 g/mol. The third kappa shape index (κ3) is 5.37. The van der Waals surface area contributed by atoms with Gasteiger partial charge in [-0.2, -0.15) is 0 Å². The molecule has 2 atom stereocenters. The van der Waals surface area contributed by atoms with Gasteiger partial charge < -0.3 is 5.32 Å². The SMILES string of the molecule is Cc1ccc([C@H](C)NC(=O)[C@@H](C)N(c2cc(Cl)ccc2Cl)S(C)(=O)=O)cc1. The second kappa shape index (κ2) is 8.50. The van der Waals surface area contributed by atoms with Gasteiger partial charge in [0.05, 0.1) is 23.0 Å². The lowest BCUT2D eigenvalue weighted by atomic mass is 10.1. The number of anilines is 1. The summed E-state index contributed by atoms with van der Waals surface area (Å²) in [6, 6.07) is 10.9. The van der Waals surface area contributed by atoms with E-state index in [0.717, 1.165) is 21.7 Å². The number of hydrogen-bond donors (Lipinski definition) is 1. The molecule has 0 aliphatic carbocycles. The molecular weight excluding hydrogens is 407 g/mol. The lowest BCUT2D eigenvalue weighted by molar-refractivity contribution is -0.122. The maximum atomic E-state index is 12.8. The van der Waals surface area contributed by atoms with Gasteiger partial charge in [-0.1, -0.05) is 53.0 Å². The molecular formula is C19H22Cl2N2O3S. The van der Waals surface area contributed by atoms with Gasteiger partial charge in [-0.3, -0.25) is 9.10 Å². The Morgan fingerprint density at radius 3 is 2.22 bits per heavy atom. The maximum absolute atomic E-state index is 12.8. The summed E-state index contributed by atoms with van der Waals surface area (Å²) in [5.41, 5.74) is 2.20. The number of sulfonamides is 1. The molecule has 1 N–H and O–H groups in total. The lowest BCUT2D eigenvalue weighted by Gasteiger charge is -2.30. The van der Waals surface area contributed by atoms with Gasteiger partial charge in [-0.15, -0.1) is 0 Å². The van der Waals surface area contributed by atoms with Crippen molar-refractivity contribution in [2.75, 3.05) is 10.6 Å². The average Bonchev–Trinajstić information content (AvgIpc) is 2.57. The van der Waals surface area contributed by atoms with Crippen molar-refractivity contribution in [1.29, 1.82) is 0 Å². The van der Waals surface area contributed by atoms with Crippen molar-refractivity contribution in [3.63, 3.8) is 0 Å². The Morgan fingerprint density at radius 2 is 1.67 bits per heavy atom. The van der Waals surface area contributed by atoms with Crippen LogP contribution in [0.15, 0.2) is 42.5 Å². The van der Waals surface area contributed by atoms with E-state index in [1.807, 2.05) is 38.1 Å². The molecule has 1 amide bonds. The summed E-state index contributed by atoms with van der Waals surface area (Å²) in [4.78, 5) is 12.8. The molecule has 2 rings (SSSR count). The highest BCUT2D eigenvalue weighted by molar-refractivity contribution is 7.92. The van der Waals surface area contributed by atoms with Crippen LogP contribution < -0.4 is 9.62 Å². The molecule has 0 spiro atoms. The molecule has 5 nitrogen and oxygen atoms in total. The fourth-order valence-electron chi connectivity index (χ4n) is 2.71. The minimum atomic E-state index is -3.78. The summed E-state index contributed by atoms with van der Waals surface area (Å²) in [6.45, 7) is 5.33. The number of benzene rings is 2. The molecule has 2 aromatic carbocycles. The van der Waals surface area contributed by atoms with Crippen molar-refractivity contribution in [3.05, 3.63) is 63.6 Å². The highest BCUT2D eigenvalue weighted by Crippen LogP contribution is 2.32. The summed E-state index contributed by atoms with van der Waals surface area (Å²) >= 11 is 12.2. The fraction of sp³-hybridized carbons (Fsp3) is 0.316. The van der Waals surface area contributed by atoms with Gasteiger partial charge in [0.2, 0.25) is 15.9 Å². The number of amides is 1. The van der Waals surface area contributed by atoms with Gasteiger partial charge in [-0.25, -0.2) is 8.42 Å². The third-order valence-electron chi connectivity index (χ3n) is 4.17. The first-order valence-corrected chi connectivity index (χ1v) is 10.9. The van der Waals surface area contributed by atoms with Crippen LogP contribution in [0.1, 0.15) is 31.0 Å². The summed E-state index contributed by atoms with van der Waals surface area (Å²) < 4.78 is 25.7. The molecule has 0 aliphatic rings. The molecule has 0 aliphatic heterocycles. The first-order valence-electron chi connectivity index (χ1n) is 8.32. The van der Waals surface area contributed by atoms with Crippen LogP contribution >= 0.6 is 23.2 Å². The zero-order valence-electron chi connectivity index (χ0n) is 15.5. The van der Waals surface area contributed by atoms with Crippen molar-refractivity contribution in [3.8, 4) is 0 Å². The van der Waals surface area contributed by atoms with Gasteiger partial charge in [0.15, 0.2) is 0 Å². The predicted molar refractivity (Wildman–Crippen MR) is 111 cm³/mol. The van der Waals surface area contributed by atoms with Gasteiger partial charge in [-0.05, 0) is 44.5 Å². The molecule has 2 aromatic rings. The quantitative estimate of drug-likeness (QED) is 0.743. The Morgan fingerprint density at radius 1 is 1.07 bits per heavy atom. The van der Waals surface area contributed by atoms with Gasteiger partial charge in [0, 0.05) is 5.02 Å². The van der Waals surface area contributed by atoms with Crippen LogP contribution in [-0.2, 0) is 14.8 Å². The molecule has 0 heterocycles. The van der Waals surface area contributed by atoms with Crippen molar-refractivity contribution >= 4 is 44.8 Å². The van der Waals surface area contributed by atoms with Crippen LogP contribution in [0.2, 0.25) is 10.0 Å². The van der Waals surface area contributed by atoms with E-state index in [1.54, 1.807) is 6.07 Å². The van der Waals surface area contributed by atoms with E-state index in [1.165, 1.54) is 19.1 Å². The minimum absolute atomic E-state index is 0.164.